The van der Waals surface area contributed by atoms with Gasteiger partial charge in [-0.25, -0.2) is 8.78 Å². The van der Waals surface area contributed by atoms with E-state index in [-0.39, 0.29) is 22.9 Å². The second-order valence-electron chi connectivity index (χ2n) is 6.64. The molecule has 0 atom stereocenters. The predicted molar refractivity (Wildman–Crippen MR) is 103 cm³/mol. The lowest BCUT2D eigenvalue weighted by atomic mass is 10.1. The van der Waals surface area contributed by atoms with Crippen molar-refractivity contribution >= 4 is 17.5 Å². The third-order valence-corrected chi connectivity index (χ3v) is 4.63. The minimum absolute atomic E-state index is 0.163. The van der Waals surface area contributed by atoms with Crippen LogP contribution in [0.25, 0.3) is 0 Å². The number of ether oxygens (including phenoxy) is 1. The number of fused-ring (bicyclic) bond motifs is 1. The van der Waals surface area contributed by atoms with E-state index < -0.39 is 17.5 Å². The standard InChI is InChI=1S/C22H16F2N2O3/c1-12-4-2-3-5-18(12)29-19-10-15(23)9-17(24)20(19)26-21(27)13-6-7-14-11-25-22(28)16(14)8-13/h2-10H,11H2,1H3,(H,25,28)(H,26,27). The highest BCUT2D eigenvalue weighted by molar-refractivity contribution is 6.07. The number of carbonyl (C=O) groups excluding carboxylic acids is 2. The summed E-state index contributed by atoms with van der Waals surface area (Å²) < 4.78 is 33.9. The number of para-hydroxylation sites is 1. The first-order chi connectivity index (χ1) is 13.9. The van der Waals surface area contributed by atoms with E-state index >= 15 is 0 Å². The Hall–Kier alpha value is -3.74. The van der Waals surface area contributed by atoms with Gasteiger partial charge in [0.05, 0.1) is 0 Å². The van der Waals surface area contributed by atoms with E-state index in [9.17, 15) is 18.4 Å². The Morgan fingerprint density at radius 2 is 1.86 bits per heavy atom. The smallest absolute Gasteiger partial charge is 0.255 e. The number of anilines is 1. The monoisotopic (exact) mass is 394 g/mol. The van der Waals surface area contributed by atoms with Crippen LogP contribution in [0.1, 0.15) is 31.8 Å². The average molecular weight is 394 g/mol. The molecule has 0 aromatic heterocycles. The van der Waals surface area contributed by atoms with E-state index in [1.54, 1.807) is 37.3 Å². The Morgan fingerprint density at radius 3 is 2.66 bits per heavy atom. The molecule has 0 radical (unpaired) electrons. The largest absolute Gasteiger partial charge is 0.455 e. The molecule has 0 unspecified atom stereocenters. The summed E-state index contributed by atoms with van der Waals surface area (Å²) in [6.07, 6.45) is 0. The number of hydrogen-bond acceptors (Lipinski definition) is 3. The number of nitrogens with one attached hydrogen (secondary N) is 2. The Balaban J connectivity index is 1.66. The van der Waals surface area contributed by atoms with Crippen molar-refractivity contribution in [3.05, 3.63) is 88.5 Å². The van der Waals surface area contributed by atoms with Gasteiger partial charge in [0, 0.05) is 29.8 Å². The first kappa shape index (κ1) is 18.6. The van der Waals surface area contributed by atoms with E-state index in [4.69, 9.17) is 4.74 Å². The summed E-state index contributed by atoms with van der Waals surface area (Å²) in [4.78, 5) is 24.5. The van der Waals surface area contributed by atoms with Crippen LogP contribution in [0.15, 0.2) is 54.6 Å². The van der Waals surface area contributed by atoms with Crippen molar-refractivity contribution in [3.63, 3.8) is 0 Å². The maximum Gasteiger partial charge on any atom is 0.255 e. The molecule has 0 saturated carbocycles. The third-order valence-electron chi connectivity index (χ3n) is 4.63. The van der Waals surface area contributed by atoms with Crippen molar-refractivity contribution in [3.8, 4) is 11.5 Å². The van der Waals surface area contributed by atoms with Gasteiger partial charge >= 0.3 is 0 Å². The van der Waals surface area contributed by atoms with Crippen molar-refractivity contribution in [2.24, 2.45) is 0 Å². The lowest BCUT2D eigenvalue weighted by Gasteiger charge is -2.15. The highest BCUT2D eigenvalue weighted by Crippen LogP contribution is 2.34. The van der Waals surface area contributed by atoms with Crippen LogP contribution in [0.5, 0.6) is 11.5 Å². The zero-order valence-electron chi connectivity index (χ0n) is 15.4. The quantitative estimate of drug-likeness (QED) is 0.682. The average Bonchev–Trinajstić information content (AvgIpc) is 3.06. The molecule has 29 heavy (non-hydrogen) atoms. The summed E-state index contributed by atoms with van der Waals surface area (Å²) in [7, 11) is 0. The SMILES string of the molecule is Cc1ccccc1Oc1cc(F)cc(F)c1NC(=O)c1ccc2c(c1)C(=O)NC2. The van der Waals surface area contributed by atoms with Crippen molar-refractivity contribution in [2.75, 3.05) is 5.32 Å². The minimum Gasteiger partial charge on any atom is -0.455 e. The van der Waals surface area contributed by atoms with E-state index in [0.717, 1.165) is 17.2 Å². The topological polar surface area (TPSA) is 67.4 Å². The van der Waals surface area contributed by atoms with Crippen molar-refractivity contribution in [1.29, 1.82) is 0 Å². The van der Waals surface area contributed by atoms with Gasteiger partial charge in [-0.2, -0.15) is 0 Å². The number of carbonyl (C=O) groups is 2. The van der Waals surface area contributed by atoms with E-state index in [1.807, 2.05) is 0 Å². The van der Waals surface area contributed by atoms with Crippen molar-refractivity contribution in [1.82, 2.24) is 5.32 Å². The van der Waals surface area contributed by atoms with Crippen LogP contribution in [0, 0.1) is 18.6 Å². The lowest BCUT2D eigenvalue weighted by Crippen LogP contribution is -2.15. The normalized spacial score (nSPS) is 12.3. The fourth-order valence-corrected chi connectivity index (χ4v) is 3.08. The zero-order valence-corrected chi connectivity index (χ0v) is 15.4. The molecule has 2 amide bonds. The molecule has 0 bridgehead atoms. The summed E-state index contributed by atoms with van der Waals surface area (Å²) in [5, 5.41) is 5.10. The predicted octanol–water partition coefficient (Wildman–Crippen LogP) is 4.56. The van der Waals surface area contributed by atoms with Crippen LogP contribution < -0.4 is 15.4 Å². The second kappa shape index (κ2) is 7.35. The van der Waals surface area contributed by atoms with Gasteiger partial charge in [0.15, 0.2) is 11.6 Å². The van der Waals surface area contributed by atoms with Crippen LogP contribution in [-0.4, -0.2) is 11.8 Å². The van der Waals surface area contributed by atoms with Gasteiger partial charge in [0.1, 0.15) is 17.3 Å². The van der Waals surface area contributed by atoms with Crippen molar-refractivity contribution in [2.45, 2.75) is 13.5 Å². The molecule has 5 nitrogen and oxygen atoms in total. The molecule has 1 aliphatic rings. The molecule has 1 aliphatic heterocycles. The molecule has 2 N–H and O–H groups in total. The Labute approximate surface area is 165 Å². The molecule has 4 rings (SSSR count). The molecule has 0 fully saturated rings. The highest BCUT2D eigenvalue weighted by Gasteiger charge is 2.22. The number of rotatable bonds is 4. The molecule has 7 heteroatoms. The van der Waals surface area contributed by atoms with Gasteiger partial charge in [0.2, 0.25) is 0 Å². The summed E-state index contributed by atoms with van der Waals surface area (Å²) in [6, 6.07) is 13.3. The molecule has 3 aromatic rings. The molecular weight excluding hydrogens is 378 g/mol. The molecule has 0 saturated heterocycles. The van der Waals surface area contributed by atoms with Crippen molar-refractivity contribution < 1.29 is 23.1 Å². The van der Waals surface area contributed by atoms with Crippen LogP contribution >= 0.6 is 0 Å². The van der Waals surface area contributed by atoms with Gasteiger partial charge in [0.25, 0.3) is 11.8 Å². The number of hydrogen-bond donors (Lipinski definition) is 2. The van der Waals surface area contributed by atoms with E-state index in [1.165, 1.54) is 12.1 Å². The molecule has 3 aromatic carbocycles. The number of amides is 2. The summed E-state index contributed by atoms with van der Waals surface area (Å²) >= 11 is 0. The highest BCUT2D eigenvalue weighted by atomic mass is 19.1. The Kier molecular flexibility index (Phi) is 4.72. The molecule has 146 valence electrons. The number of aryl methyl sites for hydroxylation is 1. The van der Waals surface area contributed by atoms with Gasteiger partial charge in [-0.05, 0) is 36.2 Å². The maximum atomic E-state index is 14.5. The van der Waals surface area contributed by atoms with Crippen LogP contribution in [0.4, 0.5) is 14.5 Å². The minimum atomic E-state index is -0.971. The Bertz CT molecular complexity index is 1140. The number of halogens is 2. The van der Waals surface area contributed by atoms with E-state index in [0.29, 0.717) is 23.9 Å². The third kappa shape index (κ3) is 3.67. The van der Waals surface area contributed by atoms with Gasteiger partial charge < -0.3 is 15.4 Å². The van der Waals surface area contributed by atoms with Crippen LogP contribution in [0.2, 0.25) is 0 Å². The maximum absolute atomic E-state index is 14.5. The molecule has 0 aliphatic carbocycles. The fourth-order valence-electron chi connectivity index (χ4n) is 3.08. The lowest BCUT2D eigenvalue weighted by molar-refractivity contribution is 0.0965. The summed E-state index contributed by atoms with van der Waals surface area (Å²) in [5.41, 5.74) is 1.83. The molecule has 0 spiro atoms. The molecular formula is C22H16F2N2O3. The number of benzene rings is 3. The van der Waals surface area contributed by atoms with Gasteiger partial charge in [-0.15, -0.1) is 0 Å². The molecule has 1 heterocycles. The summed E-state index contributed by atoms with van der Waals surface area (Å²) in [5.74, 6) is -2.48. The first-order valence-electron chi connectivity index (χ1n) is 8.87. The summed E-state index contributed by atoms with van der Waals surface area (Å²) in [6.45, 7) is 2.19. The zero-order chi connectivity index (χ0) is 20.5. The van der Waals surface area contributed by atoms with Gasteiger partial charge in [-0.3, -0.25) is 9.59 Å². The van der Waals surface area contributed by atoms with Gasteiger partial charge in [-0.1, -0.05) is 24.3 Å². The van der Waals surface area contributed by atoms with E-state index in [2.05, 4.69) is 10.6 Å². The van der Waals surface area contributed by atoms with Crippen LogP contribution in [-0.2, 0) is 6.54 Å². The Morgan fingerprint density at radius 1 is 1.07 bits per heavy atom. The van der Waals surface area contributed by atoms with Crippen LogP contribution in [0.3, 0.4) is 0 Å². The second-order valence-corrected chi connectivity index (χ2v) is 6.64. The first-order valence-corrected chi connectivity index (χ1v) is 8.87. The fraction of sp³-hybridized carbons (Fsp3) is 0.0909.